The van der Waals surface area contributed by atoms with Gasteiger partial charge in [-0.2, -0.15) is 0 Å². The largest absolute Gasteiger partial charge is 0.448 e. The van der Waals surface area contributed by atoms with Crippen LogP contribution in [0.5, 0.6) is 11.5 Å². The minimum absolute atomic E-state index is 0.0499. The topological polar surface area (TPSA) is 29.5 Å². The minimum Gasteiger partial charge on any atom is -0.448 e. The van der Waals surface area contributed by atoms with Crippen LogP contribution in [0.25, 0.3) is 0 Å². The van der Waals surface area contributed by atoms with Gasteiger partial charge < -0.3 is 9.84 Å². The number of aliphatic hydroxyl groups is 1. The van der Waals surface area contributed by atoms with Crippen LogP contribution in [0.2, 0.25) is 5.02 Å². The number of aliphatic hydroxyl groups excluding tert-OH is 1. The van der Waals surface area contributed by atoms with Crippen molar-refractivity contribution in [1.82, 2.24) is 0 Å². The number of hydrogen-bond donors (Lipinski definition) is 1. The van der Waals surface area contributed by atoms with Crippen molar-refractivity contribution < 1.29 is 23.0 Å². The summed E-state index contributed by atoms with van der Waals surface area (Å²) >= 11 is 5.53. The number of halogens is 4. The zero-order valence-corrected chi connectivity index (χ0v) is 10.2. The van der Waals surface area contributed by atoms with Gasteiger partial charge in [-0.25, -0.2) is 13.2 Å². The van der Waals surface area contributed by atoms with Gasteiger partial charge in [0.2, 0.25) is 0 Å². The Morgan fingerprint density at radius 1 is 1.11 bits per heavy atom. The summed E-state index contributed by atoms with van der Waals surface area (Å²) in [5.74, 6) is -4.12. The normalized spacial score (nSPS) is 10.6. The van der Waals surface area contributed by atoms with Gasteiger partial charge in [0, 0.05) is 0 Å². The van der Waals surface area contributed by atoms with Gasteiger partial charge in [-0.15, -0.1) is 0 Å². The molecule has 0 fully saturated rings. The molecule has 0 amide bonds. The van der Waals surface area contributed by atoms with Crippen molar-refractivity contribution in [3.8, 4) is 11.5 Å². The van der Waals surface area contributed by atoms with Gasteiger partial charge >= 0.3 is 0 Å². The Labute approximate surface area is 112 Å². The molecule has 19 heavy (non-hydrogen) atoms. The lowest BCUT2D eigenvalue weighted by atomic mass is 10.2. The predicted octanol–water partition coefficient (Wildman–Crippen LogP) is 4.04. The van der Waals surface area contributed by atoms with Gasteiger partial charge in [-0.3, -0.25) is 0 Å². The van der Waals surface area contributed by atoms with Crippen molar-refractivity contribution >= 4 is 11.6 Å². The van der Waals surface area contributed by atoms with E-state index in [-0.39, 0.29) is 16.3 Å². The Balaban J connectivity index is 2.41. The fourth-order valence-electron chi connectivity index (χ4n) is 1.47. The molecule has 0 bridgehead atoms. The zero-order valence-electron chi connectivity index (χ0n) is 9.46. The Morgan fingerprint density at radius 3 is 2.32 bits per heavy atom. The van der Waals surface area contributed by atoms with E-state index in [1.807, 2.05) is 0 Å². The highest BCUT2D eigenvalue weighted by atomic mass is 35.5. The molecule has 0 aliphatic heterocycles. The molecule has 0 unspecified atom stereocenters. The molecule has 0 heterocycles. The smallest absolute Gasteiger partial charge is 0.198 e. The standard InChI is InChI=1S/C13H8ClF3O2/c14-8-2-1-3-11(12(8)17)19-13-9(15)4-7(6-18)5-10(13)16/h1-5,18H,6H2. The maximum Gasteiger partial charge on any atom is 0.198 e. The molecule has 1 N–H and O–H groups in total. The van der Waals surface area contributed by atoms with E-state index in [4.69, 9.17) is 21.4 Å². The lowest BCUT2D eigenvalue weighted by Gasteiger charge is -2.10. The maximum atomic E-state index is 13.6. The molecule has 100 valence electrons. The summed E-state index contributed by atoms with van der Waals surface area (Å²) in [6, 6.07) is 5.67. The third-order valence-electron chi connectivity index (χ3n) is 2.37. The van der Waals surface area contributed by atoms with Crippen LogP contribution in [0.3, 0.4) is 0 Å². The molecule has 0 aliphatic carbocycles. The SMILES string of the molecule is OCc1cc(F)c(Oc2cccc(Cl)c2F)c(F)c1. The van der Waals surface area contributed by atoms with Crippen molar-refractivity contribution in [2.24, 2.45) is 0 Å². The van der Waals surface area contributed by atoms with E-state index >= 15 is 0 Å². The minimum atomic E-state index is -1.04. The average Bonchev–Trinajstić information content (AvgIpc) is 2.38. The molecular weight excluding hydrogens is 281 g/mol. The van der Waals surface area contributed by atoms with Gasteiger partial charge in [-0.1, -0.05) is 17.7 Å². The molecule has 2 rings (SSSR count). The molecule has 0 radical (unpaired) electrons. The van der Waals surface area contributed by atoms with Crippen LogP contribution in [0.4, 0.5) is 13.2 Å². The Hall–Kier alpha value is -1.72. The second-order valence-corrected chi connectivity index (χ2v) is 4.11. The van der Waals surface area contributed by atoms with Crippen molar-refractivity contribution in [3.05, 3.63) is 58.4 Å². The van der Waals surface area contributed by atoms with Crippen LogP contribution in [0.1, 0.15) is 5.56 Å². The second kappa shape index (κ2) is 5.50. The monoisotopic (exact) mass is 288 g/mol. The molecule has 2 nitrogen and oxygen atoms in total. The third-order valence-corrected chi connectivity index (χ3v) is 2.66. The highest BCUT2D eigenvalue weighted by molar-refractivity contribution is 6.30. The summed E-state index contributed by atoms with van der Waals surface area (Å²) in [4.78, 5) is 0. The molecule has 0 atom stereocenters. The first-order chi connectivity index (χ1) is 9.02. The summed E-state index contributed by atoms with van der Waals surface area (Å²) in [5.41, 5.74) is 0.0499. The zero-order chi connectivity index (χ0) is 14.0. The molecule has 6 heteroatoms. The second-order valence-electron chi connectivity index (χ2n) is 3.70. The van der Waals surface area contributed by atoms with Gasteiger partial charge in [0.15, 0.2) is 29.0 Å². The lowest BCUT2D eigenvalue weighted by molar-refractivity contribution is 0.279. The van der Waals surface area contributed by atoms with Gasteiger partial charge in [0.05, 0.1) is 11.6 Å². The molecule has 0 spiro atoms. The van der Waals surface area contributed by atoms with E-state index < -0.39 is 29.8 Å². The van der Waals surface area contributed by atoms with Crippen molar-refractivity contribution in [3.63, 3.8) is 0 Å². The first kappa shape index (κ1) is 13.7. The maximum absolute atomic E-state index is 13.6. The first-order valence-electron chi connectivity index (χ1n) is 5.23. The molecular formula is C13H8ClF3O2. The summed E-state index contributed by atoms with van der Waals surface area (Å²) < 4.78 is 45.6. The quantitative estimate of drug-likeness (QED) is 0.923. The van der Waals surface area contributed by atoms with Gasteiger partial charge in [0.25, 0.3) is 0 Å². The number of rotatable bonds is 3. The van der Waals surface area contributed by atoms with Crippen molar-refractivity contribution in [2.75, 3.05) is 0 Å². The van der Waals surface area contributed by atoms with Crippen molar-refractivity contribution in [2.45, 2.75) is 6.61 Å². The number of hydrogen-bond acceptors (Lipinski definition) is 2. The van der Waals surface area contributed by atoms with Crippen LogP contribution in [0, 0.1) is 17.5 Å². The first-order valence-corrected chi connectivity index (χ1v) is 5.61. The van der Waals surface area contributed by atoms with Crippen molar-refractivity contribution in [1.29, 1.82) is 0 Å². The summed E-state index contributed by atoms with van der Waals surface area (Å²) in [7, 11) is 0. The number of benzene rings is 2. The summed E-state index contributed by atoms with van der Waals surface area (Å²) in [6.45, 7) is -0.514. The highest BCUT2D eigenvalue weighted by Crippen LogP contribution is 2.32. The molecule has 0 aliphatic rings. The van der Waals surface area contributed by atoms with Crippen LogP contribution >= 0.6 is 11.6 Å². The van der Waals surface area contributed by atoms with Gasteiger partial charge in [-0.05, 0) is 29.8 Å². The van der Waals surface area contributed by atoms with Crippen LogP contribution in [0.15, 0.2) is 30.3 Å². The molecule has 0 saturated heterocycles. The molecule has 2 aromatic rings. The van der Waals surface area contributed by atoms with Crippen LogP contribution in [-0.4, -0.2) is 5.11 Å². The fourth-order valence-corrected chi connectivity index (χ4v) is 1.64. The fraction of sp³-hybridized carbons (Fsp3) is 0.0769. The van der Waals surface area contributed by atoms with Crippen LogP contribution < -0.4 is 4.74 Å². The van der Waals surface area contributed by atoms with Crippen LogP contribution in [-0.2, 0) is 6.61 Å². The number of ether oxygens (including phenoxy) is 1. The van der Waals surface area contributed by atoms with E-state index in [1.165, 1.54) is 18.2 Å². The predicted molar refractivity (Wildman–Crippen MR) is 63.8 cm³/mol. The Morgan fingerprint density at radius 2 is 1.74 bits per heavy atom. The van der Waals surface area contributed by atoms with E-state index in [9.17, 15) is 13.2 Å². The highest BCUT2D eigenvalue weighted by Gasteiger charge is 2.16. The molecule has 2 aromatic carbocycles. The van der Waals surface area contributed by atoms with E-state index in [2.05, 4.69) is 0 Å². The third kappa shape index (κ3) is 2.83. The summed E-state index contributed by atoms with van der Waals surface area (Å²) in [5, 5.41) is 8.58. The lowest BCUT2D eigenvalue weighted by Crippen LogP contribution is -1.97. The summed E-state index contributed by atoms with van der Waals surface area (Å²) in [6.07, 6.45) is 0. The Kier molecular flexibility index (Phi) is 3.97. The van der Waals surface area contributed by atoms with E-state index in [0.29, 0.717) is 0 Å². The van der Waals surface area contributed by atoms with E-state index in [1.54, 1.807) is 0 Å². The molecule has 0 aromatic heterocycles. The average molecular weight is 289 g/mol. The molecule has 0 saturated carbocycles. The van der Waals surface area contributed by atoms with E-state index in [0.717, 1.165) is 12.1 Å². The Bertz CT molecular complexity index is 594. The van der Waals surface area contributed by atoms with Gasteiger partial charge in [0.1, 0.15) is 0 Å².